The summed E-state index contributed by atoms with van der Waals surface area (Å²) in [7, 11) is 0. The van der Waals surface area contributed by atoms with Crippen molar-refractivity contribution >= 4 is 0 Å². The standard InChI is InChI=1S/C11H15N5O/c1-9-4-5-10(12-6-9)17-7-11(2,3)16-8-13-14-15-16/h4-6,8H,7H2,1-3H3. The molecule has 2 heterocycles. The van der Waals surface area contributed by atoms with Gasteiger partial charge in [0.25, 0.3) is 0 Å². The van der Waals surface area contributed by atoms with Gasteiger partial charge < -0.3 is 4.74 Å². The van der Waals surface area contributed by atoms with E-state index in [-0.39, 0.29) is 5.54 Å². The molecular weight excluding hydrogens is 218 g/mol. The second-order valence-electron chi connectivity index (χ2n) is 4.53. The minimum atomic E-state index is -0.309. The highest BCUT2D eigenvalue weighted by atomic mass is 16.5. The number of tetrazole rings is 1. The van der Waals surface area contributed by atoms with Crippen molar-refractivity contribution < 1.29 is 4.74 Å². The number of pyridine rings is 1. The summed E-state index contributed by atoms with van der Waals surface area (Å²) in [6.45, 7) is 6.44. The molecule has 0 unspecified atom stereocenters. The summed E-state index contributed by atoms with van der Waals surface area (Å²) >= 11 is 0. The van der Waals surface area contributed by atoms with Crippen LogP contribution in [0.2, 0.25) is 0 Å². The van der Waals surface area contributed by atoms with E-state index < -0.39 is 0 Å². The van der Waals surface area contributed by atoms with Crippen molar-refractivity contribution in [1.82, 2.24) is 25.2 Å². The van der Waals surface area contributed by atoms with E-state index in [1.807, 2.05) is 32.9 Å². The van der Waals surface area contributed by atoms with Crippen LogP contribution in [0, 0.1) is 6.92 Å². The largest absolute Gasteiger partial charge is 0.475 e. The first-order valence-electron chi connectivity index (χ1n) is 5.37. The van der Waals surface area contributed by atoms with E-state index in [0.29, 0.717) is 12.5 Å². The average molecular weight is 233 g/mol. The number of rotatable bonds is 4. The van der Waals surface area contributed by atoms with Gasteiger partial charge in [0.1, 0.15) is 12.9 Å². The van der Waals surface area contributed by atoms with Crippen molar-refractivity contribution in [2.45, 2.75) is 26.3 Å². The molecular formula is C11H15N5O. The Morgan fingerprint density at radius 2 is 2.18 bits per heavy atom. The first kappa shape index (κ1) is 11.5. The first-order valence-corrected chi connectivity index (χ1v) is 5.37. The molecule has 2 aromatic rings. The summed E-state index contributed by atoms with van der Waals surface area (Å²) in [6, 6.07) is 3.82. The Morgan fingerprint density at radius 1 is 1.35 bits per heavy atom. The maximum Gasteiger partial charge on any atom is 0.213 e. The molecule has 17 heavy (non-hydrogen) atoms. The molecule has 0 aliphatic heterocycles. The van der Waals surface area contributed by atoms with E-state index in [1.54, 1.807) is 17.2 Å². The van der Waals surface area contributed by atoms with Crippen LogP contribution in [0.4, 0.5) is 0 Å². The van der Waals surface area contributed by atoms with Crippen molar-refractivity contribution in [3.05, 3.63) is 30.2 Å². The molecule has 0 bridgehead atoms. The second-order valence-corrected chi connectivity index (χ2v) is 4.53. The smallest absolute Gasteiger partial charge is 0.213 e. The molecule has 0 radical (unpaired) electrons. The maximum absolute atomic E-state index is 5.62. The van der Waals surface area contributed by atoms with Gasteiger partial charge in [-0.25, -0.2) is 9.67 Å². The zero-order valence-electron chi connectivity index (χ0n) is 10.2. The van der Waals surface area contributed by atoms with Crippen molar-refractivity contribution in [1.29, 1.82) is 0 Å². The summed E-state index contributed by atoms with van der Waals surface area (Å²) in [5, 5.41) is 11.1. The monoisotopic (exact) mass is 233 g/mol. The third kappa shape index (κ3) is 2.77. The highest BCUT2D eigenvalue weighted by Gasteiger charge is 2.22. The predicted molar refractivity (Wildman–Crippen MR) is 61.6 cm³/mol. The lowest BCUT2D eigenvalue weighted by Crippen LogP contribution is -2.34. The van der Waals surface area contributed by atoms with Crippen molar-refractivity contribution in [2.24, 2.45) is 0 Å². The maximum atomic E-state index is 5.62. The molecule has 6 nitrogen and oxygen atoms in total. The Kier molecular flexibility index (Phi) is 3.03. The Balaban J connectivity index is 2.00. The fourth-order valence-corrected chi connectivity index (χ4v) is 1.29. The molecule has 0 amide bonds. The lowest BCUT2D eigenvalue weighted by molar-refractivity contribution is 0.163. The van der Waals surface area contributed by atoms with Crippen LogP contribution in [0.5, 0.6) is 5.88 Å². The van der Waals surface area contributed by atoms with Crippen LogP contribution < -0.4 is 4.74 Å². The second kappa shape index (κ2) is 4.48. The Labute approximate surface area is 99.6 Å². The highest BCUT2D eigenvalue weighted by molar-refractivity contribution is 5.16. The SMILES string of the molecule is Cc1ccc(OCC(C)(C)n2cnnn2)nc1. The number of ether oxygens (including phenoxy) is 1. The summed E-state index contributed by atoms with van der Waals surface area (Å²) in [5.74, 6) is 0.608. The van der Waals surface area contributed by atoms with Crippen LogP contribution in [0.25, 0.3) is 0 Å². The molecule has 0 N–H and O–H groups in total. The molecule has 90 valence electrons. The molecule has 0 saturated carbocycles. The van der Waals surface area contributed by atoms with E-state index >= 15 is 0 Å². The summed E-state index contributed by atoms with van der Waals surface area (Å²) in [4.78, 5) is 4.18. The van der Waals surface area contributed by atoms with Gasteiger partial charge in [0.05, 0.1) is 5.54 Å². The summed E-state index contributed by atoms with van der Waals surface area (Å²) < 4.78 is 7.29. The van der Waals surface area contributed by atoms with Gasteiger partial charge in [-0.15, -0.1) is 5.10 Å². The van der Waals surface area contributed by atoms with Crippen LogP contribution in [-0.2, 0) is 5.54 Å². The normalized spacial score (nSPS) is 11.5. The Morgan fingerprint density at radius 3 is 2.76 bits per heavy atom. The quantitative estimate of drug-likeness (QED) is 0.793. The van der Waals surface area contributed by atoms with Crippen molar-refractivity contribution in [3.8, 4) is 5.88 Å². The van der Waals surface area contributed by atoms with E-state index in [0.717, 1.165) is 5.56 Å². The van der Waals surface area contributed by atoms with E-state index in [4.69, 9.17) is 4.74 Å². The van der Waals surface area contributed by atoms with Gasteiger partial charge in [0, 0.05) is 12.3 Å². The fraction of sp³-hybridized carbons (Fsp3) is 0.455. The molecule has 0 aliphatic carbocycles. The molecule has 6 heteroatoms. The minimum absolute atomic E-state index is 0.309. The molecule has 2 aromatic heterocycles. The number of hydrogen-bond acceptors (Lipinski definition) is 5. The van der Waals surface area contributed by atoms with Gasteiger partial charge in [-0.1, -0.05) is 6.07 Å². The average Bonchev–Trinajstić information content (AvgIpc) is 2.82. The third-order valence-electron chi connectivity index (χ3n) is 2.43. The van der Waals surface area contributed by atoms with Gasteiger partial charge in [-0.3, -0.25) is 0 Å². The van der Waals surface area contributed by atoms with Crippen LogP contribution in [0.15, 0.2) is 24.7 Å². The van der Waals surface area contributed by atoms with E-state index in [1.165, 1.54) is 0 Å². The molecule has 0 spiro atoms. The third-order valence-corrected chi connectivity index (χ3v) is 2.43. The first-order chi connectivity index (χ1) is 8.08. The molecule has 0 aliphatic rings. The number of nitrogens with zero attached hydrogens (tertiary/aromatic N) is 5. The van der Waals surface area contributed by atoms with Crippen LogP contribution in [0.1, 0.15) is 19.4 Å². The predicted octanol–water partition coefficient (Wildman–Crippen LogP) is 1.19. The number of hydrogen-bond donors (Lipinski definition) is 0. The topological polar surface area (TPSA) is 65.7 Å². The molecule has 0 fully saturated rings. The van der Waals surface area contributed by atoms with Crippen molar-refractivity contribution in [3.63, 3.8) is 0 Å². The summed E-state index contributed by atoms with van der Waals surface area (Å²) in [6.07, 6.45) is 3.35. The van der Waals surface area contributed by atoms with Crippen LogP contribution in [-0.4, -0.2) is 31.8 Å². The van der Waals surface area contributed by atoms with E-state index in [9.17, 15) is 0 Å². The van der Waals surface area contributed by atoms with Gasteiger partial charge >= 0.3 is 0 Å². The van der Waals surface area contributed by atoms with Crippen LogP contribution >= 0.6 is 0 Å². The minimum Gasteiger partial charge on any atom is -0.475 e. The van der Waals surface area contributed by atoms with Gasteiger partial charge in [-0.05, 0) is 36.8 Å². The lowest BCUT2D eigenvalue weighted by atomic mass is 10.1. The Bertz CT molecular complexity index is 463. The number of aryl methyl sites for hydroxylation is 1. The van der Waals surface area contributed by atoms with Gasteiger partial charge in [0.2, 0.25) is 5.88 Å². The highest BCUT2D eigenvalue weighted by Crippen LogP contribution is 2.15. The number of aromatic nitrogens is 5. The molecule has 0 atom stereocenters. The van der Waals surface area contributed by atoms with Crippen LogP contribution in [0.3, 0.4) is 0 Å². The van der Waals surface area contributed by atoms with Gasteiger partial charge in [0.15, 0.2) is 0 Å². The molecule has 0 saturated heterocycles. The van der Waals surface area contributed by atoms with Gasteiger partial charge in [-0.2, -0.15) is 0 Å². The molecule has 0 aromatic carbocycles. The van der Waals surface area contributed by atoms with E-state index in [2.05, 4.69) is 20.5 Å². The summed E-state index contributed by atoms with van der Waals surface area (Å²) in [5.41, 5.74) is 0.799. The lowest BCUT2D eigenvalue weighted by Gasteiger charge is -2.23. The Hall–Kier alpha value is -1.98. The zero-order valence-corrected chi connectivity index (χ0v) is 10.2. The fourth-order valence-electron chi connectivity index (χ4n) is 1.29. The molecule has 2 rings (SSSR count). The van der Waals surface area contributed by atoms with Crippen molar-refractivity contribution in [2.75, 3.05) is 6.61 Å². The zero-order chi connectivity index (χ0) is 12.3.